The lowest BCUT2D eigenvalue weighted by molar-refractivity contribution is -0.120. The van der Waals surface area contributed by atoms with Gasteiger partial charge in [0.25, 0.3) is 0 Å². The summed E-state index contributed by atoms with van der Waals surface area (Å²) in [4.78, 5) is 10.9. The lowest BCUT2D eigenvalue weighted by Gasteiger charge is -2.26. The molecule has 0 amide bonds. The number of aromatic hydroxyl groups is 2. The van der Waals surface area contributed by atoms with Gasteiger partial charge in [-0.2, -0.15) is 0 Å². The number of aliphatic hydroxyl groups is 4. The highest BCUT2D eigenvalue weighted by atomic mass is 16.4. The van der Waals surface area contributed by atoms with E-state index in [-0.39, 0.29) is 18.0 Å². The maximum absolute atomic E-state index is 10.9. The van der Waals surface area contributed by atoms with Gasteiger partial charge in [-0.15, -0.1) is 0 Å². The Morgan fingerprint density at radius 1 is 1.14 bits per heavy atom. The summed E-state index contributed by atoms with van der Waals surface area (Å²) < 4.78 is 0. The third-order valence-electron chi connectivity index (χ3n) is 3.04. The van der Waals surface area contributed by atoms with Crippen molar-refractivity contribution < 1.29 is 35.4 Å². The maximum atomic E-state index is 10.9. The molecule has 0 fully saturated rings. The van der Waals surface area contributed by atoms with Crippen molar-refractivity contribution >= 4 is 6.29 Å². The molecule has 21 heavy (non-hydrogen) atoms. The Morgan fingerprint density at radius 2 is 1.81 bits per heavy atom. The molecule has 0 heterocycles. The lowest BCUT2D eigenvalue weighted by Crippen LogP contribution is -2.51. The number of phenolic OH excluding ortho intramolecular Hbond substituents is 2. The van der Waals surface area contributed by atoms with E-state index in [0.717, 1.165) is 6.07 Å². The maximum Gasteiger partial charge on any atom is 0.139 e. The Bertz CT molecular complexity index is 468. The van der Waals surface area contributed by atoms with Crippen LogP contribution in [0.5, 0.6) is 11.5 Å². The van der Waals surface area contributed by atoms with Gasteiger partial charge in [0.05, 0.1) is 12.6 Å². The SMILES string of the molecule is O=C[C@H](NCc1ccc(O)cc1O)[C@@H](O)[C@H](O)[C@H](O)CO. The van der Waals surface area contributed by atoms with Crippen LogP contribution in [0.25, 0.3) is 0 Å². The van der Waals surface area contributed by atoms with E-state index in [1.165, 1.54) is 12.1 Å². The van der Waals surface area contributed by atoms with Crippen molar-refractivity contribution in [3.63, 3.8) is 0 Å². The second kappa shape index (κ2) is 7.91. The molecule has 1 aromatic carbocycles. The molecule has 4 atom stereocenters. The minimum atomic E-state index is -1.70. The predicted molar refractivity (Wildman–Crippen MR) is 71.6 cm³/mol. The fraction of sp³-hybridized carbons (Fsp3) is 0.462. The summed E-state index contributed by atoms with van der Waals surface area (Å²) in [7, 11) is 0. The molecule has 0 radical (unpaired) electrons. The number of benzene rings is 1. The third-order valence-corrected chi connectivity index (χ3v) is 3.04. The van der Waals surface area contributed by atoms with Crippen molar-refractivity contribution in [2.75, 3.05) is 6.61 Å². The molecule has 8 nitrogen and oxygen atoms in total. The zero-order valence-electron chi connectivity index (χ0n) is 11.1. The van der Waals surface area contributed by atoms with E-state index >= 15 is 0 Å². The van der Waals surface area contributed by atoms with E-state index in [2.05, 4.69) is 5.32 Å². The van der Waals surface area contributed by atoms with Crippen molar-refractivity contribution in [3.05, 3.63) is 23.8 Å². The molecule has 0 aromatic heterocycles. The Kier molecular flexibility index (Phi) is 6.53. The lowest BCUT2D eigenvalue weighted by atomic mass is 10.0. The van der Waals surface area contributed by atoms with E-state index < -0.39 is 31.0 Å². The van der Waals surface area contributed by atoms with Crippen molar-refractivity contribution in [2.24, 2.45) is 0 Å². The van der Waals surface area contributed by atoms with Crippen molar-refractivity contribution in [1.29, 1.82) is 0 Å². The molecule has 0 bridgehead atoms. The zero-order chi connectivity index (χ0) is 16.0. The van der Waals surface area contributed by atoms with Crippen LogP contribution in [0.15, 0.2) is 18.2 Å². The van der Waals surface area contributed by atoms with Crippen molar-refractivity contribution in [1.82, 2.24) is 5.32 Å². The van der Waals surface area contributed by atoms with Crippen LogP contribution in [0.3, 0.4) is 0 Å². The summed E-state index contributed by atoms with van der Waals surface area (Å²) in [6.07, 6.45) is -4.57. The third kappa shape index (κ3) is 4.66. The van der Waals surface area contributed by atoms with Gasteiger partial charge < -0.3 is 40.8 Å². The van der Waals surface area contributed by atoms with Gasteiger partial charge in [0, 0.05) is 18.2 Å². The first-order chi connectivity index (χ1) is 9.90. The number of phenols is 2. The molecule has 118 valence electrons. The molecular formula is C13H19NO7. The minimum Gasteiger partial charge on any atom is -0.508 e. The van der Waals surface area contributed by atoms with Gasteiger partial charge in [-0.05, 0) is 6.07 Å². The highest BCUT2D eigenvalue weighted by Gasteiger charge is 2.30. The smallest absolute Gasteiger partial charge is 0.139 e. The normalized spacial score (nSPS) is 17.0. The summed E-state index contributed by atoms with van der Waals surface area (Å²) in [6.45, 7) is -0.781. The number of aliphatic hydroxyl groups excluding tert-OH is 4. The summed E-state index contributed by atoms with van der Waals surface area (Å²) in [6, 6.07) is 2.67. The van der Waals surface area contributed by atoms with Gasteiger partial charge in [0.2, 0.25) is 0 Å². The Balaban J connectivity index is 2.67. The summed E-state index contributed by atoms with van der Waals surface area (Å²) in [5.41, 5.74) is 0.365. The molecule has 1 rings (SSSR count). The van der Waals surface area contributed by atoms with Crippen LogP contribution < -0.4 is 5.32 Å². The molecule has 8 heteroatoms. The van der Waals surface area contributed by atoms with E-state index in [1.807, 2.05) is 0 Å². The molecule has 0 aliphatic rings. The van der Waals surface area contributed by atoms with Crippen molar-refractivity contribution in [3.8, 4) is 11.5 Å². The minimum absolute atomic E-state index is 0.0193. The van der Waals surface area contributed by atoms with E-state index in [0.29, 0.717) is 11.8 Å². The molecule has 0 saturated carbocycles. The van der Waals surface area contributed by atoms with E-state index in [9.17, 15) is 25.2 Å². The quantitative estimate of drug-likeness (QED) is 0.268. The average Bonchev–Trinajstić information content (AvgIpc) is 2.47. The van der Waals surface area contributed by atoms with Crippen molar-refractivity contribution in [2.45, 2.75) is 30.9 Å². The van der Waals surface area contributed by atoms with Gasteiger partial charge in [-0.3, -0.25) is 0 Å². The number of carbonyl (C=O) groups is 1. The Labute approximate surface area is 120 Å². The van der Waals surface area contributed by atoms with Crippen LogP contribution in [0.2, 0.25) is 0 Å². The predicted octanol–water partition coefficient (Wildman–Crippen LogP) is -2.17. The first-order valence-corrected chi connectivity index (χ1v) is 6.25. The number of carbonyl (C=O) groups excluding carboxylic acids is 1. The highest BCUT2D eigenvalue weighted by Crippen LogP contribution is 2.22. The molecular weight excluding hydrogens is 282 g/mol. The molecule has 1 aromatic rings. The second-order valence-electron chi connectivity index (χ2n) is 4.59. The molecule has 0 unspecified atom stereocenters. The zero-order valence-corrected chi connectivity index (χ0v) is 11.1. The molecule has 0 saturated heterocycles. The number of rotatable bonds is 8. The Hall–Kier alpha value is -1.71. The molecule has 0 aliphatic carbocycles. The summed E-state index contributed by atoms with van der Waals surface area (Å²) in [5.74, 6) is -0.317. The van der Waals surface area contributed by atoms with E-state index in [1.54, 1.807) is 0 Å². The monoisotopic (exact) mass is 301 g/mol. The average molecular weight is 301 g/mol. The molecule has 7 N–H and O–H groups in total. The largest absolute Gasteiger partial charge is 0.508 e. The highest BCUT2D eigenvalue weighted by molar-refractivity contribution is 5.59. The van der Waals surface area contributed by atoms with Gasteiger partial charge in [-0.1, -0.05) is 6.07 Å². The van der Waals surface area contributed by atoms with Crippen LogP contribution in [0, 0.1) is 0 Å². The van der Waals surface area contributed by atoms with Gasteiger partial charge in [-0.25, -0.2) is 0 Å². The topological polar surface area (TPSA) is 150 Å². The van der Waals surface area contributed by atoms with Gasteiger partial charge in [0.1, 0.15) is 36.1 Å². The first-order valence-electron chi connectivity index (χ1n) is 6.25. The van der Waals surface area contributed by atoms with Crippen LogP contribution >= 0.6 is 0 Å². The fourth-order valence-corrected chi connectivity index (χ4v) is 1.73. The standard InChI is InChI=1S/C13H19NO7/c15-5-9(12(20)13(21)11(19)6-16)14-4-7-1-2-8(17)3-10(7)18/h1-3,5,9,11-14,16-21H,4,6H2/t9-,11+,12+,13+/m0/s1. The molecule has 0 spiro atoms. The van der Waals surface area contributed by atoms with E-state index in [4.69, 9.17) is 10.2 Å². The van der Waals surface area contributed by atoms with Gasteiger partial charge in [0.15, 0.2) is 0 Å². The van der Waals surface area contributed by atoms with Crippen LogP contribution in [0.1, 0.15) is 5.56 Å². The number of nitrogens with one attached hydrogen (secondary N) is 1. The number of hydrogen-bond acceptors (Lipinski definition) is 8. The Morgan fingerprint density at radius 3 is 2.33 bits per heavy atom. The van der Waals surface area contributed by atoms with Crippen LogP contribution in [-0.4, -0.2) is 67.9 Å². The number of hydrogen-bond donors (Lipinski definition) is 7. The second-order valence-corrected chi connectivity index (χ2v) is 4.59. The fourth-order valence-electron chi connectivity index (χ4n) is 1.73. The summed E-state index contributed by atoms with van der Waals surface area (Å²) >= 11 is 0. The van der Waals surface area contributed by atoms with Gasteiger partial charge >= 0.3 is 0 Å². The first kappa shape index (κ1) is 17.3. The number of aldehydes is 1. The van der Waals surface area contributed by atoms with Crippen LogP contribution in [-0.2, 0) is 11.3 Å². The molecule has 0 aliphatic heterocycles. The summed E-state index contributed by atoms with van der Waals surface area (Å²) in [5, 5.41) is 58.5. The van der Waals surface area contributed by atoms with Crippen LogP contribution in [0.4, 0.5) is 0 Å².